The Hall–Kier alpha value is -2.88. The van der Waals surface area contributed by atoms with E-state index in [1.54, 1.807) is 0 Å². The highest BCUT2D eigenvalue weighted by Crippen LogP contribution is 2.27. The van der Waals surface area contributed by atoms with E-state index in [2.05, 4.69) is 16.2 Å². The van der Waals surface area contributed by atoms with Crippen molar-refractivity contribution >= 4 is 11.8 Å². The summed E-state index contributed by atoms with van der Waals surface area (Å²) in [6.07, 6.45) is 0. The Morgan fingerprint density at radius 3 is 2.52 bits per heavy atom. The van der Waals surface area contributed by atoms with Crippen LogP contribution < -0.4 is 16.2 Å². The number of hydrazine groups is 1. The fourth-order valence-electron chi connectivity index (χ4n) is 3.83. The Bertz CT molecular complexity index is 948. The van der Waals surface area contributed by atoms with Gasteiger partial charge in [0.25, 0.3) is 5.91 Å². The third kappa shape index (κ3) is 4.90. The first kappa shape index (κ1) is 21.4. The molecule has 2 aliphatic heterocycles. The van der Waals surface area contributed by atoms with E-state index in [0.717, 1.165) is 23.3 Å². The molecule has 2 aromatic carbocycles. The maximum Gasteiger partial charge on any atom is 0.251 e. The van der Waals surface area contributed by atoms with Gasteiger partial charge in [-0.15, -0.1) is 0 Å². The van der Waals surface area contributed by atoms with Crippen LogP contribution in [0.2, 0.25) is 0 Å². The number of benzene rings is 2. The minimum absolute atomic E-state index is 0.0567. The maximum atomic E-state index is 13.3. The third-order valence-corrected chi connectivity index (χ3v) is 5.60. The zero-order valence-electron chi connectivity index (χ0n) is 16.9. The highest BCUT2D eigenvalue weighted by molar-refractivity contribution is 5.94. The molecule has 2 aromatic rings. The first-order chi connectivity index (χ1) is 15.0. The van der Waals surface area contributed by atoms with Crippen LogP contribution in [-0.2, 0) is 16.1 Å². The number of nitrogens with one attached hydrogen (secondary N) is 3. The summed E-state index contributed by atoms with van der Waals surface area (Å²) in [6, 6.07) is 10.5. The second-order valence-corrected chi connectivity index (χ2v) is 7.60. The summed E-state index contributed by atoms with van der Waals surface area (Å²) in [7, 11) is 0. The predicted octanol–water partition coefficient (Wildman–Crippen LogP) is 1.52. The molecule has 0 spiro atoms. The second kappa shape index (κ2) is 9.51. The van der Waals surface area contributed by atoms with Crippen LogP contribution in [0.15, 0.2) is 42.5 Å². The van der Waals surface area contributed by atoms with Crippen molar-refractivity contribution in [2.75, 3.05) is 32.8 Å². The number of morpholine rings is 1. The van der Waals surface area contributed by atoms with E-state index in [4.69, 9.17) is 4.74 Å². The van der Waals surface area contributed by atoms with Crippen LogP contribution in [0.25, 0.3) is 0 Å². The Labute approximate surface area is 178 Å². The standard InChI is InChI=1S/C22H24F2N4O3/c23-18-6-5-16(11-19(18)24)21(29)25-12-14-1-3-15(4-2-14)20-17(13-26-27-20)22(30)28-7-9-31-10-8-28/h1-6,11,17,20,26-27H,7-10,12-13H2,(H,25,29). The molecule has 164 valence electrons. The Morgan fingerprint density at radius 2 is 1.81 bits per heavy atom. The number of hydrogen-bond acceptors (Lipinski definition) is 5. The molecule has 0 radical (unpaired) electrons. The van der Waals surface area contributed by atoms with Crippen LogP contribution >= 0.6 is 0 Å². The summed E-state index contributed by atoms with van der Waals surface area (Å²) in [6.45, 7) is 3.14. The highest BCUT2D eigenvalue weighted by atomic mass is 19.2. The van der Waals surface area contributed by atoms with Gasteiger partial charge >= 0.3 is 0 Å². The lowest BCUT2D eigenvalue weighted by molar-refractivity contribution is -0.139. The van der Waals surface area contributed by atoms with Crippen molar-refractivity contribution in [2.45, 2.75) is 12.6 Å². The van der Waals surface area contributed by atoms with Crippen LogP contribution in [0, 0.1) is 17.6 Å². The normalized spacial score (nSPS) is 21.2. The van der Waals surface area contributed by atoms with Gasteiger partial charge in [-0.2, -0.15) is 0 Å². The molecule has 0 saturated carbocycles. The number of ether oxygens (including phenoxy) is 1. The lowest BCUT2D eigenvalue weighted by Crippen LogP contribution is -2.45. The first-order valence-electron chi connectivity index (χ1n) is 10.2. The molecular formula is C22H24F2N4O3. The molecule has 2 heterocycles. The smallest absolute Gasteiger partial charge is 0.251 e. The van der Waals surface area contributed by atoms with E-state index in [0.29, 0.717) is 32.8 Å². The van der Waals surface area contributed by atoms with Crippen molar-refractivity contribution in [3.63, 3.8) is 0 Å². The zero-order chi connectivity index (χ0) is 21.8. The van der Waals surface area contributed by atoms with Gasteiger partial charge in [0.1, 0.15) is 0 Å². The summed E-state index contributed by atoms with van der Waals surface area (Å²) >= 11 is 0. The number of amides is 2. The molecule has 2 fully saturated rings. The van der Waals surface area contributed by atoms with Crippen molar-refractivity contribution in [3.8, 4) is 0 Å². The van der Waals surface area contributed by atoms with Crippen LogP contribution in [0.3, 0.4) is 0 Å². The van der Waals surface area contributed by atoms with Crippen LogP contribution in [-0.4, -0.2) is 49.6 Å². The monoisotopic (exact) mass is 430 g/mol. The minimum Gasteiger partial charge on any atom is -0.378 e. The van der Waals surface area contributed by atoms with Crippen LogP contribution in [0.1, 0.15) is 27.5 Å². The van der Waals surface area contributed by atoms with E-state index in [1.165, 1.54) is 6.07 Å². The lowest BCUT2D eigenvalue weighted by Gasteiger charge is -2.30. The molecule has 31 heavy (non-hydrogen) atoms. The van der Waals surface area contributed by atoms with Crippen molar-refractivity contribution < 1.29 is 23.1 Å². The fourth-order valence-corrected chi connectivity index (χ4v) is 3.83. The molecular weight excluding hydrogens is 406 g/mol. The third-order valence-electron chi connectivity index (χ3n) is 5.60. The molecule has 0 aromatic heterocycles. The van der Waals surface area contributed by atoms with E-state index in [9.17, 15) is 18.4 Å². The van der Waals surface area contributed by atoms with Crippen molar-refractivity contribution in [1.29, 1.82) is 0 Å². The van der Waals surface area contributed by atoms with Gasteiger partial charge in [0, 0.05) is 31.7 Å². The summed E-state index contributed by atoms with van der Waals surface area (Å²) < 4.78 is 31.6. The molecule has 2 atom stereocenters. The van der Waals surface area contributed by atoms with Crippen LogP contribution in [0.4, 0.5) is 8.78 Å². The molecule has 4 rings (SSSR count). The fraction of sp³-hybridized carbons (Fsp3) is 0.364. The van der Waals surface area contributed by atoms with Gasteiger partial charge in [-0.1, -0.05) is 24.3 Å². The average molecular weight is 430 g/mol. The van der Waals surface area contributed by atoms with E-state index in [-0.39, 0.29) is 30.0 Å². The Morgan fingerprint density at radius 1 is 1.06 bits per heavy atom. The summed E-state index contributed by atoms with van der Waals surface area (Å²) in [5.74, 6) is -2.64. The number of halogens is 2. The van der Waals surface area contributed by atoms with Crippen molar-refractivity contribution in [2.24, 2.45) is 5.92 Å². The van der Waals surface area contributed by atoms with Gasteiger partial charge in [-0.25, -0.2) is 14.2 Å². The van der Waals surface area contributed by atoms with Crippen LogP contribution in [0.5, 0.6) is 0 Å². The average Bonchev–Trinajstić information content (AvgIpc) is 3.29. The van der Waals surface area contributed by atoms with E-state index in [1.807, 2.05) is 29.2 Å². The predicted molar refractivity (Wildman–Crippen MR) is 109 cm³/mol. The molecule has 7 nitrogen and oxygen atoms in total. The maximum absolute atomic E-state index is 13.3. The first-order valence-corrected chi connectivity index (χ1v) is 10.2. The lowest BCUT2D eigenvalue weighted by atomic mass is 9.93. The van der Waals surface area contributed by atoms with Gasteiger partial charge in [0.2, 0.25) is 5.91 Å². The summed E-state index contributed by atoms with van der Waals surface area (Å²) in [5.41, 5.74) is 8.13. The summed E-state index contributed by atoms with van der Waals surface area (Å²) in [5, 5.41) is 2.69. The number of nitrogens with zero attached hydrogens (tertiary/aromatic N) is 1. The van der Waals surface area contributed by atoms with Crippen molar-refractivity contribution in [1.82, 2.24) is 21.1 Å². The number of carbonyl (C=O) groups is 2. The zero-order valence-corrected chi connectivity index (χ0v) is 16.9. The van der Waals surface area contributed by atoms with Gasteiger partial charge in [0.15, 0.2) is 11.6 Å². The molecule has 2 aliphatic rings. The Kier molecular flexibility index (Phi) is 6.55. The molecule has 9 heteroatoms. The molecule has 2 amide bonds. The van der Waals surface area contributed by atoms with E-state index >= 15 is 0 Å². The molecule has 0 aliphatic carbocycles. The van der Waals surface area contributed by atoms with E-state index < -0.39 is 17.5 Å². The Balaban J connectivity index is 1.36. The molecule has 0 bridgehead atoms. The highest BCUT2D eigenvalue weighted by Gasteiger charge is 2.36. The quantitative estimate of drug-likeness (QED) is 0.670. The molecule has 2 saturated heterocycles. The molecule has 2 unspecified atom stereocenters. The van der Waals surface area contributed by atoms with Gasteiger partial charge in [0.05, 0.1) is 25.2 Å². The topological polar surface area (TPSA) is 82.7 Å². The largest absolute Gasteiger partial charge is 0.378 e. The summed E-state index contributed by atoms with van der Waals surface area (Å²) in [4.78, 5) is 26.9. The number of hydrogen-bond donors (Lipinski definition) is 3. The van der Waals surface area contributed by atoms with Gasteiger partial charge < -0.3 is 15.0 Å². The second-order valence-electron chi connectivity index (χ2n) is 7.60. The van der Waals surface area contributed by atoms with Gasteiger partial charge in [-0.05, 0) is 29.3 Å². The molecule has 3 N–H and O–H groups in total. The van der Waals surface area contributed by atoms with Crippen molar-refractivity contribution in [3.05, 3.63) is 70.8 Å². The minimum atomic E-state index is -1.06. The van der Waals surface area contributed by atoms with Gasteiger partial charge in [-0.3, -0.25) is 15.0 Å². The number of rotatable bonds is 5. The SMILES string of the molecule is O=C(NCc1ccc(C2NNCC2C(=O)N2CCOCC2)cc1)c1ccc(F)c(F)c1. The number of carbonyl (C=O) groups excluding carboxylic acids is 2.